The molecule has 6 heteroatoms. The van der Waals surface area contributed by atoms with Gasteiger partial charge in [-0.15, -0.1) is 0 Å². The van der Waals surface area contributed by atoms with Crippen molar-refractivity contribution in [2.24, 2.45) is 5.92 Å². The van der Waals surface area contributed by atoms with Crippen LogP contribution >= 0.6 is 0 Å². The Morgan fingerprint density at radius 1 is 1.32 bits per heavy atom. The molecule has 112 valence electrons. The highest BCUT2D eigenvalue weighted by molar-refractivity contribution is 7.92. The second kappa shape index (κ2) is 7.24. The van der Waals surface area contributed by atoms with Gasteiger partial charge in [-0.05, 0) is 25.7 Å². The van der Waals surface area contributed by atoms with E-state index in [0.29, 0.717) is 32.5 Å². The minimum atomic E-state index is -3.02. The van der Waals surface area contributed by atoms with Gasteiger partial charge in [0, 0.05) is 19.7 Å². The van der Waals surface area contributed by atoms with Crippen LogP contribution in [0.5, 0.6) is 0 Å². The molecule has 1 saturated heterocycles. The number of nitrogens with zero attached hydrogens (tertiary/aromatic N) is 1. The van der Waals surface area contributed by atoms with Gasteiger partial charge in [0.25, 0.3) is 0 Å². The van der Waals surface area contributed by atoms with Crippen molar-refractivity contribution in [1.82, 2.24) is 4.90 Å². The zero-order valence-electron chi connectivity index (χ0n) is 12.1. The van der Waals surface area contributed by atoms with E-state index in [0.717, 1.165) is 0 Å². The minimum Gasteiger partial charge on any atom is -0.372 e. The fraction of sp³-hybridized carbons (Fsp3) is 0.923. The van der Waals surface area contributed by atoms with Gasteiger partial charge in [0.05, 0.1) is 11.0 Å². The van der Waals surface area contributed by atoms with Crippen LogP contribution in [0.2, 0.25) is 0 Å². The molecule has 0 atom stereocenters. The summed E-state index contributed by atoms with van der Waals surface area (Å²) < 4.78 is 29.3. The molecule has 0 aromatic heterocycles. The molecule has 19 heavy (non-hydrogen) atoms. The number of amides is 1. The van der Waals surface area contributed by atoms with Crippen molar-refractivity contribution in [2.75, 3.05) is 32.1 Å². The first-order chi connectivity index (χ1) is 8.86. The smallest absolute Gasteiger partial charge is 0.248 e. The maximum Gasteiger partial charge on any atom is 0.248 e. The summed E-state index contributed by atoms with van der Waals surface area (Å²) >= 11 is 0. The molecule has 1 rings (SSSR count). The Morgan fingerprint density at radius 2 is 1.89 bits per heavy atom. The summed E-state index contributed by atoms with van der Waals surface area (Å²) in [6, 6.07) is 0. The van der Waals surface area contributed by atoms with Gasteiger partial charge in [-0.25, -0.2) is 8.42 Å². The number of sulfone groups is 1. The first kappa shape index (κ1) is 16.4. The Hall–Kier alpha value is -0.620. The van der Waals surface area contributed by atoms with Crippen molar-refractivity contribution >= 4 is 15.7 Å². The second-order valence-corrected chi connectivity index (χ2v) is 7.77. The maximum atomic E-state index is 12.1. The van der Waals surface area contributed by atoms with Crippen molar-refractivity contribution in [2.45, 2.75) is 38.9 Å². The van der Waals surface area contributed by atoms with Crippen molar-refractivity contribution < 1.29 is 17.9 Å². The van der Waals surface area contributed by atoms with E-state index in [-0.39, 0.29) is 29.4 Å². The summed E-state index contributed by atoms with van der Waals surface area (Å²) in [6.07, 6.45) is 1.10. The number of piperidine rings is 1. The molecule has 0 saturated carbocycles. The molecule has 0 aromatic carbocycles. The molecule has 1 amide bonds. The number of hydrogen-bond acceptors (Lipinski definition) is 4. The Labute approximate surface area is 116 Å². The molecule has 0 bridgehead atoms. The number of rotatable bonds is 6. The quantitative estimate of drug-likeness (QED) is 0.735. The minimum absolute atomic E-state index is 0.0402. The normalized spacial score (nSPS) is 18.0. The standard InChI is InChI=1S/C13H25NO4S/c1-4-18-9-13(15)14-7-5-12(6-8-14)19(16,17)10-11(2)3/h11-12H,4-10H2,1-3H3. The highest BCUT2D eigenvalue weighted by Gasteiger charge is 2.31. The molecule has 5 nitrogen and oxygen atoms in total. The van der Waals surface area contributed by atoms with Gasteiger partial charge >= 0.3 is 0 Å². The van der Waals surface area contributed by atoms with Gasteiger partial charge in [0.2, 0.25) is 5.91 Å². The van der Waals surface area contributed by atoms with Crippen LogP contribution in [0.4, 0.5) is 0 Å². The molecule has 0 spiro atoms. The highest BCUT2D eigenvalue weighted by Crippen LogP contribution is 2.20. The van der Waals surface area contributed by atoms with E-state index < -0.39 is 9.84 Å². The molecular formula is C13H25NO4S. The van der Waals surface area contributed by atoms with E-state index in [1.807, 2.05) is 20.8 Å². The summed E-state index contributed by atoms with van der Waals surface area (Å²) in [4.78, 5) is 13.4. The van der Waals surface area contributed by atoms with E-state index in [4.69, 9.17) is 4.74 Å². The van der Waals surface area contributed by atoms with Gasteiger partial charge in [-0.1, -0.05) is 13.8 Å². The third-order valence-electron chi connectivity index (χ3n) is 3.30. The monoisotopic (exact) mass is 291 g/mol. The fourth-order valence-corrected chi connectivity index (χ4v) is 4.48. The average molecular weight is 291 g/mol. The topological polar surface area (TPSA) is 63.7 Å². The summed E-state index contributed by atoms with van der Waals surface area (Å²) in [5.41, 5.74) is 0. The molecule has 1 heterocycles. The summed E-state index contributed by atoms with van der Waals surface area (Å²) in [5.74, 6) is 0.356. The fourth-order valence-electron chi connectivity index (χ4n) is 2.35. The first-order valence-electron chi connectivity index (χ1n) is 6.94. The Bertz CT molecular complexity index is 383. The molecular weight excluding hydrogens is 266 g/mol. The van der Waals surface area contributed by atoms with Crippen LogP contribution in [0.25, 0.3) is 0 Å². The highest BCUT2D eigenvalue weighted by atomic mass is 32.2. The molecule has 0 aliphatic carbocycles. The van der Waals surface area contributed by atoms with E-state index in [1.54, 1.807) is 4.90 Å². The molecule has 0 unspecified atom stereocenters. The number of hydrogen-bond donors (Lipinski definition) is 0. The molecule has 1 fully saturated rings. The number of ether oxygens (including phenoxy) is 1. The summed E-state index contributed by atoms with van der Waals surface area (Å²) in [7, 11) is -3.02. The van der Waals surface area contributed by atoms with Crippen molar-refractivity contribution in [3.8, 4) is 0 Å². The second-order valence-electron chi connectivity index (χ2n) is 5.44. The lowest BCUT2D eigenvalue weighted by atomic mass is 10.1. The lowest BCUT2D eigenvalue weighted by molar-refractivity contribution is -0.136. The van der Waals surface area contributed by atoms with Crippen LogP contribution in [0.1, 0.15) is 33.6 Å². The van der Waals surface area contributed by atoms with E-state index in [9.17, 15) is 13.2 Å². The van der Waals surface area contributed by atoms with Crippen molar-refractivity contribution in [1.29, 1.82) is 0 Å². The van der Waals surface area contributed by atoms with Crippen molar-refractivity contribution in [3.63, 3.8) is 0 Å². The third-order valence-corrected chi connectivity index (χ3v) is 5.92. The van der Waals surface area contributed by atoms with Crippen LogP contribution in [-0.2, 0) is 19.4 Å². The van der Waals surface area contributed by atoms with Crippen LogP contribution in [-0.4, -0.2) is 56.5 Å². The van der Waals surface area contributed by atoms with E-state index >= 15 is 0 Å². The maximum absolute atomic E-state index is 12.1. The van der Waals surface area contributed by atoms with Gasteiger partial charge in [0.1, 0.15) is 6.61 Å². The molecule has 1 aliphatic rings. The number of carbonyl (C=O) groups is 1. The van der Waals surface area contributed by atoms with Gasteiger partial charge in [0.15, 0.2) is 9.84 Å². The zero-order valence-corrected chi connectivity index (χ0v) is 12.9. The Morgan fingerprint density at radius 3 is 2.37 bits per heavy atom. The lowest BCUT2D eigenvalue weighted by Gasteiger charge is -2.32. The number of carbonyl (C=O) groups excluding carboxylic acids is 1. The third kappa shape index (κ3) is 5.10. The molecule has 0 radical (unpaired) electrons. The average Bonchev–Trinajstić information content (AvgIpc) is 2.34. The lowest BCUT2D eigenvalue weighted by Crippen LogP contribution is -2.44. The summed E-state index contributed by atoms with van der Waals surface area (Å²) in [5, 5.41) is -0.286. The van der Waals surface area contributed by atoms with Gasteiger partial charge in [-0.3, -0.25) is 4.79 Å². The molecule has 1 aliphatic heterocycles. The predicted octanol–water partition coefficient (Wildman–Crippen LogP) is 1.08. The first-order valence-corrected chi connectivity index (χ1v) is 8.65. The van der Waals surface area contributed by atoms with E-state index in [2.05, 4.69) is 0 Å². The number of likely N-dealkylation sites (tertiary alicyclic amines) is 1. The van der Waals surface area contributed by atoms with Gasteiger partial charge < -0.3 is 9.64 Å². The van der Waals surface area contributed by atoms with Crippen LogP contribution in [0.15, 0.2) is 0 Å². The van der Waals surface area contributed by atoms with Crippen LogP contribution in [0, 0.1) is 5.92 Å². The van der Waals surface area contributed by atoms with Crippen LogP contribution in [0.3, 0.4) is 0 Å². The molecule has 0 aromatic rings. The largest absolute Gasteiger partial charge is 0.372 e. The van der Waals surface area contributed by atoms with Crippen LogP contribution < -0.4 is 0 Å². The van der Waals surface area contributed by atoms with E-state index in [1.165, 1.54) is 0 Å². The zero-order chi connectivity index (χ0) is 14.5. The van der Waals surface area contributed by atoms with Crippen molar-refractivity contribution in [3.05, 3.63) is 0 Å². The molecule has 0 N–H and O–H groups in total. The SMILES string of the molecule is CCOCC(=O)N1CCC(S(=O)(=O)CC(C)C)CC1. The Kier molecular flexibility index (Phi) is 6.26. The summed E-state index contributed by atoms with van der Waals surface area (Å²) in [6.45, 7) is 7.33. The van der Waals surface area contributed by atoms with Gasteiger partial charge in [-0.2, -0.15) is 0 Å². The predicted molar refractivity (Wildman–Crippen MR) is 74.7 cm³/mol. The Balaban J connectivity index is 2.46.